The van der Waals surface area contributed by atoms with Crippen LogP contribution in [0.2, 0.25) is 19.6 Å². The Bertz CT molecular complexity index is 726. The summed E-state index contributed by atoms with van der Waals surface area (Å²) < 4.78 is 49.7. The summed E-state index contributed by atoms with van der Waals surface area (Å²) >= 11 is 0. The first kappa shape index (κ1) is 21.3. The average molecular weight is 402 g/mol. The van der Waals surface area contributed by atoms with E-state index in [1.807, 2.05) is 12.1 Å². The number of carbonyl (C=O) groups excluding carboxylic acids is 1. The summed E-state index contributed by atoms with van der Waals surface area (Å²) in [5.41, 5.74) is 3.84. The van der Waals surface area contributed by atoms with Crippen LogP contribution in [0.3, 0.4) is 0 Å². The fraction of sp³-hybridized carbons (Fsp3) is 0.526. The Kier molecular flexibility index (Phi) is 6.29. The third-order valence-electron chi connectivity index (χ3n) is 4.47. The number of nitrogens with zero attached hydrogens (tertiary/aromatic N) is 1. The van der Waals surface area contributed by atoms with E-state index in [-0.39, 0.29) is 19.0 Å². The zero-order valence-electron chi connectivity index (χ0n) is 16.3. The molecule has 0 saturated carbocycles. The Labute approximate surface area is 159 Å². The van der Waals surface area contributed by atoms with Crippen molar-refractivity contribution in [2.24, 2.45) is 0 Å². The molecular formula is C19H26F3NO3Si. The molecule has 1 aromatic carbocycles. The topological polar surface area (TPSA) is 38.8 Å². The predicted octanol–water partition coefficient (Wildman–Crippen LogP) is 4.17. The van der Waals surface area contributed by atoms with E-state index in [9.17, 15) is 18.0 Å². The minimum atomic E-state index is -4.88. The predicted molar refractivity (Wildman–Crippen MR) is 101 cm³/mol. The summed E-state index contributed by atoms with van der Waals surface area (Å²) in [6.07, 6.45) is -2.60. The van der Waals surface area contributed by atoms with E-state index in [0.717, 1.165) is 16.0 Å². The molecule has 1 heterocycles. The highest BCUT2D eigenvalue weighted by molar-refractivity contribution is 6.80. The molecule has 0 aliphatic carbocycles. The summed E-state index contributed by atoms with van der Waals surface area (Å²) in [7, 11) is 1.47. The average Bonchev–Trinajstić information content (AvgIpc) is 2.75. The Hall–Kier alpha value is -1.96. The maximum atomic E-state index is 13.0. The van der Waals surface area contributed by atoms with Crippen LogP contribution in [-0.4, -0.2) is 52.4 Å². The molecule has 2 rings (SSSR count). The molecule has 27 heavy (non-hydrogen) atoms. The molecule has 1 atom stereocenters. The molecule has 1 unspecified atom stereocenters. The first-order chi connectivity index (χ1) is 12.5. The molecule has 0 fully saturated rings. The second-order valence-electron chi connectivity index (χ2n) is 7.74. The third kappa shape index (κ3) is 5.28. The molecule has 150 valence electrons. The van der Waals surface area contributed by atoms with Gasteiger partial charge in [0.2, 0.25) is 0 Å². The number of methoxy groups -OCH3 is 2. The number of benzene rings is 1. The van der Waals surface area contributed by atoms with Crippen LogP contribution in [0.1, 0.15) is 17.0 Å². The van der Waals surface area contributed by atoms with E-state index in [0.29, 0.717) is 17.9 Å². The van der Waals surface area contributed by atoms with Crippen LogP contribution in [0.4, 0.5) is 13.2 Å². The number of amides is 1. The van der Waals surface area contributed by atoms with Crippen molar-refractivity contribution in [3.05, 3.63) is 35.0 Å². The first-order valence-corrected chi connectivity index (χ1v) is 12.3. The van der Waals surface area contributed by atoms with Gasteiger partial charge in [0, 0.05) is 19.0 Å². The van der Waals surface area contributed by atoms with Gasteiger partial charge in [-0.1, -0.05) is 31.4 Å². The number of fused-ring (bicyclic) bond motifs is 1. The molecule has 1 amide bonds. The molecule has 1 aliphatic rings. The molecule has 0 N–H and O–H groups in total. The smallest absolute Gasteiger partial charge is 0.471 e. The van der Waals surface area contributed by atoms with Gasteiger partial charge >= 0.3 is 12.1 Å². The lowest BCUT2D eigenvalue weighted by Gasteiger charge is -2.25. The monoisotopic (exact) mass is 401 g/mol. The van der Waals surface area contributed by atoms with Crippen molar-refractivity contribution in [3.8, 4) is 11.5 Å². The fourth-order valence-corrected chi connectivity index (χ4v) is 3.92. The van der Waals surface area contributed by atoms with Gasteiger partial charge in [-0.15, -0.1) is 0 Å². The van der Waals surface area contributed by atoms with Crippen molar-refractivity contribution >= 4 is 14.0 Å². The minimum absolute atomic E-state index is 0.0120. The van der Waals surface area contributed by atoms with E-state index in [1.165, 1.54) is 14.2 Å². The van der Waals surface area contributed by atoms with Crippen LogP contribution in [-0.2, 0) is 11.2 Å². The molecule has 0 aromatic heterocycles. The highest BCUT2D eigenvalue weighted by atomic mass is 28.3. The molecule has 0 saturated heterocycles. The van der Waals surface area contributed by atoms with Gasteiger partial charge in [0.05, 0.1) is 22.3 Å². The summed E-state index contributed by atoms with van der Waals surface area (Å²) in [5.74, 6) is -1.07. The lowest BCUT2D eigenvalue weighted by Crippen LogP contribution is -2.43. The van der Waals surface area contributed by atoms with E-state index < -0.39 is 20.2 Å². The van der Waals surface area contributed by atoms with E-state index in [1.54, 1.807) is 6.07 Å². The second kappa shape index (κ2) is 7.96. The zero-order chi connectivity index (χ0) is 20.4. The highest BCUT2D eigenvalue weighted by Gasteiger charge is 2.43. The summed E-state index contributed by atoms with van der Waals surface area (Å²) in [5, 5.41) is 0. The van der Waals surface area contributed by atoms with Gasteiger partial charge in [0.15, 0.2) is 11.5 Å². The molecule has 1 aliphatic heterocycles. The van der Waals surface area contributed by atoms with Gasteiger partial charge in [-0.3, -0.25) is 4.79 Å². The zero-order valence-corrected chi connectivity index (χ0v) is 17.3. The van der Waals surface area contributed by atoms with Crippen LogP contribution < -0.4 is 9.47 Å². The van der Waals surface area contributed by atoms with Crippen molar-refractivity contribution in [3.63, 3.8) is 0 Å². The van der Waals surface area contributed by atoms with Gasteiger partial charge in [-0.2, -0.15) is 13.2 Å². The summed E-state index contributed by atoms with van der Waals surface area (Å²) in [4.78, 5) is 12.8. The lowest BCUT2D eigenvalue weighted by atomic mass is 9.93. The normalized spacial score (nSPS) is 18.2. The van der Waals surface area contributed by atoms with Gasteiger partial charge in [-0.05, 0) is 29.7 Å². The molecule has 1 aromatic rings. The van der Waals surface area contributed by atoms with Crippen molar-refractivity contribution < 1.29 is 27.4 Å². The fourth-order valence-electron chi connectivity index (χ4n) is 3.11. The Morgan fingerprint density at radius 3 is 2.30 bits per heavy atom. The third-order valence-corrected chi connectivity index (χ3v) is 5.66. The maximum Gasteiger partial charge on any atom is 0.471 e. The standard InChI is InChI=1S/C19H26F3NO3Si/c1-25-16-10-13-6-8-23(18(24)19(20,21)22)12-14(7-9-27(3,4)5)15(13)11-17(16)26-2/h7,9-11,14H,6,8,12H2,1-5H3/b9-7+. The first-order valence-electron chi connectivity index (χ1n) is 8.76. The molecule has 4 nitrogen and oxygen atoms in total. The summed E-state index contributed by atoms with van der Waals surface area (Å²) in [6.45, 7) is 6.44. The van der Waals surface area contributed by atoms with Gasteiger partial charge in [-0.25, -0.2) is 0 Å². The molecule has 0 spiro atoms. The van der Waals surface area contributed by atoms with Crippen LogP contribution >= 0.6 is 0 Å². The Morgan fingerprint density at radius 2 is 1.78 bits per heavy atom. The largest absolute Gasteiger partial charge is 0.493 e. The Balaban J connectivity index is 2.50. The highest BCUT2D eigenvalue weighted by Crippen LogP contribution is 2.37. The number of carbonyl (C=O) groups is 1. The quantitative estimate of drug-likeness (QED) is 0.711. The van der Waals surface area contributed by atoms with Gasteiger partial charge in [0.1, 0.15) is 0 Å². The van der Waals surface area contributed by atoms with Crippen molar-refractivity contribution in [1.82, 2.24) is 4.90 Å². The van der Waals surface area contributed by atoms with E-state index in [2.05, 4.69) is 25.3 Å². The Morgan fingerprint density at radius 1 is 1.19 bits per heavy atom. The van der Waals surface area contributed by atoms with Gasteiger partial charge < -0.3 is 14.4 Å². The van der Waals surface area contributed by atoms with Crippen LogP contribution in [0.15, 0.2) is 23.9 Å². The second-order valence-corrected chi connectivity index (χ2v) is 12.8. The summed E-state index contributed by atoms with van der Waals surface area (Å²) in [6, 6.07) is 3.61. The van der Waals surface area contributed by atoms with Crippen molar-refractivity contribution in [2.75, 3.05) is 27.3 Å². The van der Waals surface area contributed by atoms with Crippen LogP contribution in [0.5, 0.6) is 11.5 Å². The lowest BCUT2D eigenvalue weighted by molar-refractivity contribution is -0.185. The number of hydrogen-bond acceptors (Lipinski definition) is 3. The van der Waals surface area contributed by atoms with Crippen molar-refractivity contribution in [1.29, 1.82) is 0 Å². The van der Waals surface area contributed by atoms with Crippen LogP contribution in [0, 0.1) is 0 Å². The van der Waals surface area contributed by atoms with E-state index in [4.69, 9.17) is 9.47 Å². The number of halogens is 3. The molecule has 0 radical (unpaired) electrons. The number of hydrogen-bond donors (Lipinski definition) is 0. The minimum Gasteiger partial charge on any atom is -0.493 e. The van der Waals surface area contributed by atoms with Gasteiger partial charge in [0.25, 0.3) is 0 Å². The molecular weight excluding hydrogens is 375 g/mol. The van der Waals surface area contributed by atoms with Crippen LogP contribution in [0.25, 0.3) is 0 Å². The molecule has 0 bridgehead atoms. The van der Waals surface area contributed by atoms with E-state index >= 15 is 0 Å². The molecule has 8 heteroatoms. The number of alkyl halides is 3. The number of rotatable bonds is 4. The maximum absolute atomic E-state index is 13.0. The number of ether oxygens (including phenoxy) is 2. The van der Waals surface area contributed by atoms with Crippen molar-refractivity contribution in [2.45, 2.75) is 38.2 Å². The SMILES string of the molecule is COc1cc2c(cc1OC)C(/C=C/[Si](C)(C)C)CN(C(=O)C(F)(F)F)CC2.